The lowest BCUT2D eigenvalue weighted by molar-refractivity contribution is -0.0801. The largest absolute Gasteiger partial charge is 0.484 e. The van der Waals surface area contributed by atoms with Crippen LogP contribution in [0.15, 0.2) is 18.5 Å². The van der Waals surface area contributed by atoms with Crippen LogP contribution >= 0.6 is 0 Å². The van der Waals surface area contributed by atoms with Gasteiger partial charge in [-0.05, 0) is 12.6 Å². The van der Waals surface area contributed by atoms with E-state index in [1.807, 2.05) is 6.07 Å². The third-order valence-electron chi connectivity index (χ3n) is 2.34. The fraction of sp³-hybridized carbons (Fsp3) is 0.545. The van der Waals surface area contributed by atoms with E-state index in [2.05, 4.69) is 17.2 Å². The van der Waals surface area contributed by atoms with Crippen molar-refractivity contribution in [3.05, 3.63) is 24.0 Å². The number of nitrogens with one attached hydrogen (secondary N) is 1. The predicted molar refractivity (Wildman–Crippen MR) is 56.9 cm³/mol. The molecule has 2 rings (SSSR count). The second-order valence-corrected chi connectivity index (χ2v) is 3.54. The molecule has 2 heterocycles. The van der Waals surface area contributed by atoms with Gasteiger partial charge < -0.3 is 14.8 Å². The van der Waals surface area contributed by atoms with Gasteiger partial charge in [-0.1, -0.05) is 6.92 Å². The lowest BCUT2D eigenvalue weighted by Crippen LogP contribution is -2.38. The number of hydrogen-bond donors (Lipinski definition) is 1. The van der Waals surface area contributed by atoms with Crippen LogP contribution in [0.4, 0.5) is 0 Å². The highest BCUT2D eigenvalue weighted by Crippen LogP contribution is 2.19. The van der Waals surface area contributed by atoms with Crippen LogP contribution in [0.25, 0.3) is 0 Å². The van der Waals surface area contributed by atoms with Gasteiger partial charge in [0.05, 0.1) is 19.4 Å². The molecule has 1 N–H and O–H groups in total. The van der Waals surface area contributed by atoms with Crippen molar-refractivity contribution in [2.45, 2.75) is 19.6 Å². The lowest BCUT2D eigenvalue weighted by atomic mass is 10.2. The van der Waals surface area contributed by atoms with Crippen LogP contribution in [0.5, 0.6) is 5.75 Å². The molecule has 0 unspecified atom stereocenters. The van der Waals surface area contributed by atoms with Crippen molar-refractivity contribution in [2.75, 3.05) is 19.8 Å². The van der Waals surface area contributed by atoms with Gasteiger partial charge in [0.25, 0.3) is 0 Å². The molecule has 4 heteroatoms. The molecule has 4 nitrogen and oxygen atoms in total. The first-order valence-corrected chi connectivity index (χ1v) is 5.28. The van der Waals surface area contributed by atoms with E-state index in [0.717, 1.165) is 24.4 Å². The van der Waals surface area contributed by atoms with Gasteiger partial charge in [-0.2, -0.15) is 0 Å². The van der Waals surface area contributed by atoms with Crippen LogP contribution in [0.3, 0.4) is 0 Å². The summed E-state index contributed by atoms with van der Waals surface area (Å²) in [6, 6.07) is 1.98. The van der Waals surface area contributed by atoms with Gasteiger partial charge in [0, 0.05) is 18.3 Å². The summed E-state index contributed by atoms with van der Waals surface area (Å²) in [5.41, 5.74) is 1.15. The Kier molecular flexibility index (Phi) is 3.53. The molecule has 1 aliphatic rings. The molecule has 0 bridgehead atoms. The average molecular weight is 208 g/mol. The minimum Gasteiger partial charge on any atom is -0.484 e. The molecule has 0 atom stereocenters. The fourth-order valence-corrected chi connectivity index (χ4v) is 1.38. The molecule has 1 saturated heterocycles. The molecule has 1 aromatic heterocycles. The lowest BCUT2D eigenvalue weighted by Gasteiger charge is -2.27. The van der Waals surface area contributed by atoms with Gasteiger partial charge in [0.2, 0.25) is 0 Å². The highest BCUT2D eigenvalue weighted by atomic mass is 16.6. The highest BCUT2D eigenvalue weighted by Gasteiger charge is 2.21. The maximum atomic E-state index is 5.75. The molecular weight excluding hydrogens is 192 g/mol. The number of aromatic nitrogens is 1. The van der Waals surface area contributed by atoms with Crippen LogP contribution in [0.2, 0.25) is 0 Å². The van der Waals surface area contributed by atoms with Crippen molar-refractivity contribution in [2.24, 2.45) is 0 Å². The SMILES string of the molecule is CCNCc1ccncc1OC1COC1. The van der Waals surface area contributed by atoms with Crippen LogP contribution in [-0.2, 0) is 11.3 Å². The summed E-state index contributed by atoms with van der Waals surface area (Å²) in [6.45, 7) is 5.24. The molecule has 0 amide bonds. The van der Waals surface area contributed by atoms with Crippen molar-refractivity contribution in [1.29, 1.82) is 0 Å². The van der Waals surface area contributed by atoms with Crippen LogP contribution < -0.4 is 10.1 Å². The van der Waals surface area contributed by atoms with E-state index in [0.29, 0.717) is 13.2 Å². The first-order chi connectivity index (χ1) is 7.40. The van der Waals surface area contributed by atoms with Gasteiger partial charge in [-0.15, -0.1) is 0 Å². The Balaban J connectivity index is 1.99. The third-order valence-corrected chi connectivity index (χ3v) is 2.34. The van der Waals surface area contributed by atoms with Crippen LogP contribution in [0, 0.1) is 0 Å². The minimum atomic E-state index is 0.203. The van der Waals surface area contributed by atoms with Crippen molar-refractivity contribution in [3.8, 4) is 5.75 Å². The smallest absolute Gasteiger partial charge is 0.145 e. The normalized spacial score (nSPS) is 16.1. The van der Waals surface area contributed by atoms with Gasteiger partial charge >= 0.3 is 0 Å². The van der Waals surface area contributed by atoms with Crippen LogP contribution in [-0.4, -0.2) is 30.8 Å². The van der Waals surface area contributed by atoms with Crippen molar-refractivity contribution in [3.63, 3.8) is 0 Å². The zero-order valence-electron chi connectivity index (χ0n) is 8.90. The summed E-state index contributed by atoms with van der Waals surface area (Å²) in [7, 11) is 0. The summed E-state index contributed by atoms with van der Waals surface area (Å²) >= 11 is 0. The van der Waals surface area contributed by atoms with Crippen molar-refractivity contribution < 1.29 is 9.47 Å². The molecule has 1 aromatic rings. The Morgan fingerprint density at radius 2 is 2.47 bits per heavy atom. The molecule has 0 aromatic carbocycles. The molecule has 1 fully saturated rings. The molecular formula is C11H16N2O2. The van der Waals surface area contributed by atoms with E-state index in [-0.39, 0.29) is 6.10 Å². The predicted octanol–water partition coefficient (Wildman–Crippen LogP) is 0.969. The van der Waals surface area contributed by atoms with Gasteiger partial charge in [0.15, 0.2) is 0 Å². The number of hydrogen-bond acceptors (Lipinski definition) is 4. The standard InChI is InChI=1S/C11H16N2O2/c1-2-12-5-9-3-4-13-6-11(9)15-10-7-14-8-10/h3-4,6,10,12H,2,5,7-8H2,1H3. The molecule has 1 aliphatic heterocycles. The zero-order valence-corrected chi connectivity index (χ0v) is 8.90. The minimum absolute atomic E-state index is 0.203. The first-order valence-electron chi connectivity index (χ1n) is 5.28. The summed E-state index contributed by atoms with van der Waals surface area (Å²) in [4.78, 5) is 4.07. The molecule has 0 radical (unpaired) electrons. The maximum Gasteiger partial charge on any atom is 0.145 e. The first kappa shape index (κ1) is 10.4. The van der Waals surface area contributed by atoms with E-state index in [1.165, 1.54) is 0 Å². The van der Waals surface area contributed by atoms with Crippen molar-refractivity contribution in [1.82, 2.24) is 10.3 Å². The average Bonchev–Trinajstić information content (AvgIpc) is 2.22. The summed E-state index contributed by atoms with van der Waals surface area (Å²) < 4.78 is 10.8. The monoisotopic (exact) mass is 208 g/mol. The Morgan fingerprint density at radius 3 is 3.13 bits per heavy atom. The number of pyridine rings is 1. The summed E-state index contributed by atoms with van der Waals surface area (Å²) in [6.07, 6.45) is 3.76. The van der Waals surface area contributed by atoms with E-state index < -0.39 is 0 Å². The van der Waals surface area contributed by atoms with Gasteiger partial charge in [-0.3, -0.25) is 4.98 Å². The van der Waals surface area contributed by atoms with Gasteiger partial charge in [0.1, 0.15) is 11.9 Å². The van der Waals surface area contributed by atoms with E-state index >= 15 is 0 Å². The quantitative estimate of drug-likeness (QED) is 0.783. The fourth-order valence-electron chi connectivity index (χ4n) is 1.38. The van der Waals surface area contributed by atoms with E-state index in [4.69, 9.17) is 9.47 Å². The van der Waals surface area contributed by atoms with Crippen LogP contribution in [0.1, 0.15) is 12.5 Å². The summed E-state index contributed by atoms with van der Waals surface area (Å²) in [5, 5.41) is 3.28. The van der Waals surface area contributed by atoms with E-state index in [1.54, 1.807) is 12.4 Å². The Labute approximate surface area is 89.6 Å². The maximum absolute atomic E-state index is 5.75. The number of ether oxygens (including phenoxy) is 2. The molecule has 82 valence electrons. The zero-order chi connectivity index (χ0) is 10.5. The Bertz CT molecular complexity index is 313. The van der Waals surface area contributed by atoms with E-state index in [9.17, 15) is 0 Å². The van der Waals surface area contributed by atoms with Gasteiger partial charge in [-0.25, -0.2) is 0 Å². The number of nitrogens with zero attached hydrogens (tertiary/aromatic N) is 1. The molecule has 15 heavy (non-hydrogen) atoms. The topological polar surface area (TPSA) is 43.4 Å². The highest BCUT2D eigenvalue weighted by molar-refractivity contribution is 5.30. The second-order valence-electron chi connectivity index (χ2n) is 3.54. The molecule has 0 spiro atoms. The Hall–Kier alpha value is -1.13. The molecule has 0 aliphatic carbocycles. The summed E-state index contributed by atoms with van der Waals surface area (Å²) in [5.74, 6) is 0.867. The third kappa shape index (κ3) is 2.67. The van der Waals surface area contributed by atoms with Crippen molar-refractivity contribution >= 4 is 0 Å². The molecule has 0 saturated carbocycles. The Morgan fingerprint density at radius 1 is 1.60 bits per heavy atom. The second kappa shape index (κ2) is 5.09. The number of rotatable bonds is 5.